The number of hydrogen-bond donors (Lipinski definition) is 0. The van der Waals surface area contributed by atoms with Crippen LogP contribution in [0.25, 0.3) is 0 Å². The number of carbonyl (C=O) groups excluding carboxylic acids is 1. The van der Waals surface area contributed by atoms with E-state index in [4.69, 9.17) is 11.6 Å². The van der Waals surface area contributed by atoms with Crippen molar-refractivity contribution in [2.24, 2.45) is 0 Å². The van der Waals surface area contributed by atoms with Crippen molar-refractivity contribution < 1.29 is 4.79 Å². The predicted molar refractivity (Wildman–Crippen MR) is 78.2 cm³/mol. The van der Waals surface area contributed by atoms with E-state index in [1.807, 2.05) is 61.6 Å². The minimum atomic E-state index is 0.0100. The number of hydrogen-bond acceptors (Lipinski definition) is 1. The van der Waals surface area contributed by atoms with Crippen LogP contribution in [0, 0.1) is 0 Å². The van der Waals surface area contributed by atoms with E-state index in [1.165, 1.54) is 0 Å². The number of carbonyl (C=O) groups is 1. The van der Waals surface area contributed by atoms with Crippen molar-refractivity contribution in [3.05, 3.63) is 71.3 Å². The first-order valence-corrected chi connectivity index (χ1v) is 6.68. The molecular weight excluding hydrogens is 258 g/mol. The number of nitrogens with zero attached hydrogens (tertiary/aromatic N) is 1. The smallest absolute Gasteiger partial charge is 0.253 e. The predicted octanol–water partition coefficient (Wildman–Crippen LogP) is 3.70. The van der Waals surface area contributed by atoms with Gasteiger partial charge in [0.25, 0.3) is 5.91 Å². The highest BCUT2D eigenvalue weighted by Gasteiger charge is 2.12. The van der Waals surface area contributed by atoms with E-state index in [9.17, 15) is 4.79 Å². The molecule has 0 unspecified atom stereocenters. The molecule has 3 heteroatoms. The Morgan fingerprint density at radius 3 is 2.42 bits per heavy atom. The molecule has 0 aliphatic carbocycles. The lowest BCUT2D eigenvalue weighted by atomic mass is 10.1. The van der Waals surface area contributed by atoms with Gasteiger partial charge < -0.3 is 4.90 Å². The van der Waals surface area contributed by atoms with E-state index in [1.54, 1.807) is 4.90 Å². The van der Waals surface area contributed by atoms with Gasteiger partial charge in [-0.2, -0.15) is 0 Å². The second-order valence-electron chi connectivity index (χ2n) is 4.48. The molecule has 2 aromatic rings. The zero-order chi connectivity index (χ0) is 13.7. The van der Waals surface area contributed by atoms with Crippen LogP contribution < -0.4 is 0 Å². The number of rotatable bonds is 4. The van der Waals surface area contributed by atoms with Crippen LogP contribution in [0.2, 0.25) is 0 Å². The normalized spacial score (nSPS) is 10.2. The van der Waals surface area contributed by atoms with Crippen LogP contribution in [0.5, 0.6) is 0 Å². The first kappa shape index (κ1) is 13.6. The highest BCUT2D eigenvalue weighted by Crippen LogP contribution is 2.11. The number of amides is 1. The molecule has 0 fully saturated rings. The Hall–Kier alpha value is -1.80. The first-order valence-electron chi connectivity index (χ1n) is 6.15. The highest BCUT2D eigenvalue weighted by atomic mass is 35.5. The lowest BCUT2D eigenvalue weighted by Crippen LogP contribution is -2.26. The van der Waals surface area contributed by atoms with E-state index in [0.717, 1.165) is 11.1 Å². The average Bonchev–Trinajstić information content (AvgIpc) is 2.47. The molecule has 0 saturated heterocycles. The maximum atomic E-state index is 12.3. The minimum Gasteiger partial charge on any atom is -0.337 e. The van der Waals surface area contributed by atoms with Crippen LogP contribution in [-0.4, -0.2) is 17.9 Å². The molecule has 0 aromatic heterocycles. The summed E-state index contributed by atoms with van der Waals surface area (Å²) in [6, 6.07) is 17.4. The first-order chi connectivity index (χ1) is 9.20. The molecule has 2 aromatic carbocycles. The molecule has 1 amide bonds. The molecular formula is C16H16ClNO. The monoisotopic (exact) mass is 273 g/mol. The van der Waals surface area contributed by atoms with Gasteiger partial charge in [0.05, 0.1) is 0 Å². The lowest BCUT2D eigenvalue weighted by Gasteiger charge is -2.17. The van der Waals surface area contributed by atoms with Crippen molar-refractivity contribution >= 4 is 17.5 Å². The fraction of sp³-hybridized carbons (Fsp3) is 0.188. The Labute approximate surface area is 118 Å². The molecule has 0 saturated carbocycles. The number of alkyl halides is 1. The van der Waals surface area contributed by atoms with Crippen LogP contribution in [0.1, 0.15) is 21.5 Å². The summed E-state index contributed by atoms with van der Waals surface area (Å²) >= 11 is 5.79. The van der Waals surface area contributed by atoms with Gasteiger partial charge in [-0.15, -0.1) is 11.6 Å². The zero-order valence-electron chi connectivity index (χ0n) is 10.8. The van der Waals surface area contributed by atoms with Crippen molar-refractivity contribution in [3.8, 4) is 0 Å². The molecule has 0 atom stereocenters. The molecule has 2 rings (SSSR count). The summed E-state index contributed by atoms with van der Waals surface area (Å²) in [5.74, 6) is 0.430. The summed E-state index contributed by atoms with van der Waals surface area (Å²) in [5.41, 5.74) is 2.75. The van der Waals surface area contributed by atoms with E-state index in [0.29, 0.717) is 18.0 Å². The van der Waals surface area contributed by atoms with E-state index in [-0.39, 0.29) is 5.91 Å². The Kier molecular flexibility index (Phi) is 4.58. The van der Waals surface area contributed by atoms with Crippen molar-refractivity contribution in [1.29, 1.82) is 0 Å². The summed E-state index contributed by atoms with van der Waals surface area (Å²) in [6.07, 6.45) is 0. The fourth-order valence-corrected chi connectivity index (χ4v) is 2.10. The minimum absolute atomic E-state index is 0.0100. The van der Waals surface area contributed by atoms with Crippen molar-refractivity contribution in [1.82, 2.24) is 4.90 Å². The van der Waals surface area contributed by atoms with E-state index >= 15 is 0 Å². The van der Waals surface area contributed by atoms with E-state index < -0.39 is 0 Å². The lowest BCUT2D eigenvalue weighted by molar-refractivity contribution is 0.0785. The topological polar surface area (TPSA) is 20.3 Å². The van der Waals surface area contributed by atoms with Gasteiger partial charge in [0.15, 0.2) is 0 Å². The van der Waals surface area contributed by atoms with Gasteiger partial charge in [0, 0.05) is 25.0 Å². The molecule has 19 heavy (non-hydrogen) atoms. The van der Waals surface area contributed by atoms with Gasteiger partial charge in [-0.1, -0.05) is 42.5 Å². The molecule has 0 bridgehead atoms. The summed E-state index contributed by atoms with van der Waals surface area (Å²) in [6.45, 7) is 0.602. The van der Waals surface area contributed by atoms with Crippen molar-refractivity contribution in [2.45, 2.75) is 12.4 Å². The second-order valence-corrected chi connectivity index (χ2v) is 4.75. The third-order valence-electron chi connectivity index (χ3n) is 2.94. The number of halogens is 1. The van der Waals surface area contributed by atoms with Gasteiger partial charge in [0.2, 0.25) is 0 Å². The third kappa shape index (κ3) is 3.58. The van der Waals surface area contributed by atoms with Gasteiger partial charge in [-0.3, -0.25) is 4.79 Å². The average molecular weight is 274 g/mol. The Balaban J connectivity index is 2.10. The summed E-state index contributed by atoms with van der Waals surface area (Å²) in [5, 5.41) is 0. The molecule has 2 nitrogen and oxygen atoms in total. The summed E-state index contributed by atoms with van der Waals surface area (Å²) in [4.78, 5) is 14.0. The number of benzene rings is 2. The van der Waals surface area contributed by atoms with Crippen LogP contribution in [0.4, 0.5) is 0 Å². The van der Waals surface area contributed by atoms with Crippen LogP contribution in [0.15, 0.2) is 54.6 Å². The quantitative estimate of drug-likeness (QED) is 0.778. The molecule has 98 valence electrons. The Morgan fingerprint density at radius 2 is 1.74 bits per heavy atom. The van der Waals surface area contributed by atoms with Gasteiger partial charge in [0.1, 0.15) is 0 Å². The van der Waals surface area contributed by atoms with Gasteiger partial charge >= 0.3 is 0 Å². The molecule has 0 aliphatic heterocycles. The van der Waals surface area contributed by atoms with Crippen LogP contribution in [-0.2, 0) is 12.4 Å². The fourth-order valence-electron chi connectivity index (χ4n) is 1.94. The summed E-state index contributed by atoms with van der Waals surface area (Å²) < 4.78 is 0. The SMILES string of the molecule is CN(Cc1ccccc1)C(=O)c1cccc(CCl)c1. The van der Waals surface area contributed by atoms with Gasteiger partial charge in [-0.05, 0) is 23.3 Å². The molecule has 0 radical (unpaired) electrons. The molecule has 0 heterocycles. The highest BCUT2D eigenvalue weighted by molar-refractivity contribution is 6.17. The van der Waals surface area contributed by atoms with Crippen molar-refractivity contribution in [3.63, 3.8) is 0 Å². The Bertz CT molecular complexity index is 554. The molecule has 0 aliphatic rings. The second kappa shape index (κ2) is 6.39. The Morgan fingerprint density at radius 1 is 1.05 bits per heavy atom. The summed E-state index contributed by atoms with van der Waals surface area (Å²) in [7, 11) is 1.81. The standard InChI is InChI=1S/C16H16ClNO/c1-18(12-13-6-3-2-4-7-13)16(19)15-9-5-8-14(10-15)11-17/h2-10H,11-12H2,1H3. The zero-order valence-corrected chi connectivity index (χ0v) is 11.6. The molecule has 0 N–H and O–H groups in total. The van der Waals surface area contributed by atoms with Crippen molar-refractivity contribution in [2.75, 3.05) is 7.05 Å². The molecule has 0 spiro atoms. The maximum Gasteiger partial charge on any atom is 0.253 e. The largest absolute Gasteiger partial charge is 0.337 e. The van der Waals surface area contributed by atoms with Gasteiger partial charge in [-0.25, -0.2) is 0 Å². The van der Waals surface area contributed by atoms with Crippen LogP contribution >= 0.6 is 11.6 Å². The third-order valence-corrected chi connectivity index (χ3v) is 3.25. The maximum absolute atomic E-state index is 12.3. The van der Waals surface area contributed by atoms with Crippen LogP contribution in [0.3, 0.4) is 0 Å². The van der Waals surface area contributed by atoms with E-state index in [2.05, 4.69) is 0 Å².